The van der Waals surface area contributed by atoms with Crippen molar-refractivity contribution in [2.75, 3.05) is 32.8 Å². The number of piperazine rings is 1. The highest BCUT2D eigenvalue weighted by Crippen LogP contribution is 2.26. The van der Waals surface area contributed by atoms with Crippen molar-refractivity contribution >= 4 is 5.91 Å². The molecule has 4 rings (SSSR count). The second-order valence-corrected chi connectivity index (χ2v) is 8.23. The quantitative estimate of drug-likeness (QED) is 0.831. The summed E-state index contributed by atoms with van der Waals surface area (Å²) < 4.78 is 7.66. The molecule has 1 saturated carbocycles. The van der Waals surface area contributed by atoms with Crippen molar-refractivity contribution in [3.05, 3.63) is 17.0 Å². The Hall–Kier alpha value is -1.40. The van der Waals surface area contributed by atoms with Gasteiger partial charge in [-0.3, -0.25) is 14.4 Å². The van der Waals surface area contributed by atoms with Crippen molar-refractivity contribution in [2.45, 2.75) is 71.1 Å². The molecule has 1 amide bonds. The first-order chi connectivity index (χ1) is 12.6. The lowest BCUT2D eigenvalue weighted by molar-refractivity contribution is 0.0511. The van der Waals surface area contributed by atoms with Gasteiger partial charge in [0.15, 0.2) is 5.69 Å². The van der Waals surface area contributed by atoms with Crippen LogP contribution in [0.25, 0.3) is 0 Å². The maximum absolute atomic E-state index is 13.2. The predicted octanol–water partition coefficient (Wildman–Crippen LogP) is 2.63. The Balaban J connectivity index is 1.45. The fraction of sp³-hybridized carbons (Fsp3) is 0.800. The van der Waals surface area contributed by atoms with E-state index in [2.05, 4.69) is 18.7 Å². The van der Waals surface area contributed by atoms with Crippen LogP contribution in [0.2, 0.25) is 0 Å². The van der Waals surface area contributed by atoms with Crippen molar-refractivity contribution in [3.8, 4) is 0 Å². The summed E-state index contributed by atoms with van der Waals surface area (Å²) in [5.74, 6) is 0.0921. The van der Waals surface area contributed by atoms with E-state index in [4.69, 9.17) is 9.84 Å². The van der Waals surface area contributed by atoms with Crippen LogP contribution in [0.5, 0.6) is 0 Å². The number of ether oxygens (including phenoxy) is 1. The number of aromatic nitrogens is 2. The second kappa shape index (κ2) is 7.69. The molecule has 0 aromatic carbocycles. The topological polar surface area (TPSA) is 50.6 Å². The van der Waals surface area contributed by atoms with Gasteiger partial charge < -0.3 is 9.64 Å². The van der Waals surface area contributed by atoms with Gasteiger partial charge in [0.2, 0.25) is 0 Å². The zero-order valence-corrected chi connectivity index (χ0v) is 16.2. The van der Waals surface area contributed by atoms with Crippen LogP contribution in [0.3, 0.4) is 0 Å². The Kier molecular flexibility index (Phi) is 5.32. The van der Waals surface area contributed by atoms with Crippen LogP contribution in [0.1, 0.15) is 73.7 Å². The summed E-state index contributed by atoms with van der Waals surface area (Å²) in [5.41, 5.74) is 2.83. The van der Waals surface area contributed by atoms with Crippen molar-refractivity contribution in [1.29, 1.82) is 0 Å². The van der Waals surface area contributed by atoms with Crippen LogP contribution in [0.15, 0.2) is 0 Å². The fourth-order valence-corrected chi connectivity index (χ4v) is 4.75. The van der Waals surface area contributed by atoms with Crippen LogP contribution in [0.4, 0.5) is 0 Å². The first-order valence-corrected chi connectivity index (χ1v) is 10.4. The molecule has 1 aromatic rings. The average molecular weight is 361 g/mol. The highest BCUT2D eigenvalue weighted by atomic mass is 16.5. The molecule has 3 aliphatic rings. The van der Waals surface area contributed by atoms with E-state index in [1.807, 2.05) is 9.58 Å². The maximum Gasteiger partial charge on any atom is 0.274 e. The van der Waals surface area contributed by atoms with E-state index in [-0.39, 0.29) is 11.9 Å². The number of carbonyl (C=O) groups excluding carboxylic acids is 1. The molecule has 0 spiro atoms. The van der Waals surface area contributed by atoms with Crippen molar-refractivity contribution < 1.29 is 9.53 Å². The van der Waals surface area contributed by atoms with E-state index in [1.165, 1.54) is 37.8 Å². The van der Waals surface area contributed by atoms with Gasteiger partial charge in [0.05, 0.1) is 13.2 Å². The molecule has 1 saturated heterocycles. The summed E-state index contributed by atoms with van der Waals surface area (Å²) >= 11 is 0. The zero-order chi connectivity index (χ0) is 18.1. The third-order valence-electron chi connectivity index (χ3n) is 6.23. The van der Waals surface area contributed by atoms with E-state index >= 15 is 0 Å². The average Bonchev–Trinajstić information content (AvgIpc) is 3.08. The zero-order valence-electron chi connectivity index (χ0n) is 16.2. The molecule has 2 aliphatic heterocycles. The molecule has 0 radical (unpaired) electrons. The van der Waals surface area contributed by atoms with Crippen molar-refractivity contribution in [3.63, 3.8) is 0 Å². The molecule has 0 N–H and O–H groups in total. The number of nitrogens with zero attached hydrogens (tertiary/aromatic N) is 4. The molecule has 6 heteroatoms. The second-order valence-electron chi connectivity index (χ2n) is 8.23. The van der Waals surface area contributed by atoms with E-state index in [1.54, 1.807) is 0 Å². The molecule has 0 atom stereocenters. The van der Waals surface area contributed by atoms with Gasteiger partial charge in [0.25, 0.3) is 5.91 Å². The molecular weight excluding hydrogens is 328 g/mol. The third-order valence-corrected chi connectivity index (χ3v) is 6.23. The van der Waals surface area contributed by atoms with Gasteiger partial charge in [0, 0.05) is 55.9 Å². The smallest absolute Gasteiger partial charge is 0.274 e. The minimum Gasteiger partial charge on any atom is -0.376 e. The summed E-state index contributed by atoms with van der Waals surface area (Å²) in [4.78, 5) is 17.8. The number of hydrogen-bond acceptors (Lipinski definition) is 4. The first-order valence-electron chi connectivity index (χ1n) is 10.4. The number of hydrogen-bond donors (Lipinski definition) is 0. The summed E-state index contributed by atoms with van der Waals surface area (Å²) in [7, 11) is 0. The van der Waals surface area contributed by atoms with E-state index in [0.717, 1.165) is 50.8 Å². The van der Waals surface area contributed by atoms with Crippen molar-refractivity contribution in [1.82, 2.24) is 19.6 Å². The van der Waals surface area contributed by atoms with E-state index in [9.17, 15) is 4.79 Å². The fourth-order valence-electron chi connectivity index (χ4n) is 4.75. The summed E-state index contributed by atoms with van der Waals surface area (Å²) in [6.07, 6.45) is 7.63. The highest BCUT2D eigenvalue weighted by molar-refractivity contribution is 5.94. The molecule has 1 aromatic heterocycles. The monoisotopic (exact) mass is 360 g/mol. The van der Waals surface area contributed by atoms with E-state index in [0.29, 0.717) is 12.3 Å². The summed E-state index contributed by atoms with van der Waals surface area (Å²) in [6.45, 7) is 9.13. The third kappa shape index (κ3) is 3.41. The SMILES string of the molecule is CC(C)n1nc(C(=O)N2CCN(C3CCCCC3)CC2)c2c1CCOC2. The number of carbonyl (C=O) groups is 1. The maximum atomic E-state index is 13.2. The Morgan fingerprint density at radius 1 is 1.12 bits per heavy atom. The number of rotatable bonds is 3. The lowest BCUT2D eigenvalue weighted by atomic mass is 9.94. The summed E-state index contributed by atoms with van der Waals surface area (Å²) in [6, 6.07) is 1.01. The largest absolute Gasteiger partial charge is 0.376 e. The van der Waals surface area contributed by atoms with E-state index < -0.39 is 0 Å². The molecule has 26 heavy (non-hydrogen) atoms. The molecule has 2 fully saturated rings. The predicted molar refractivity (Wildman–Crippen MR) is 100 cm³/mol. The van der Waals surface area contributed by atoms with Gasteiger partial charge in [-0.1, -0.05) is 19.3 Å². The number of amides is 1. The van der Waals surface area contributed by atoms with Crippen LogP contribution in [0, 0.1) is 0 Å². The first kappa shape index (κ1) is 18.0. The van der Waals surface area contributed by atoms with Crippen LogP contribution >= 0.6 is 0 Å². The van der Waals surface area contributed by atoms with Gasteiger partial charge in [-0.25, -0.2) is 0 Å². The Labute approximate surface area is 156 Å². The molecule has 0 bridgehead atoms. The summed E-state index contributed by atoms with van der Waals surface area (Å²) in [5, 5.41) is 4.71. The van der Waals surface area contributed by atoms with Crippen molar-refractivity contribution in [2.24, 2.45) is 0 Å². The van der Waals surface area contributed by atoms with Crippen LogP contribution in [-0.4, -0.2) is 64.3 Å². The van der Waals surface area contributed by atoms with Crippen LogP contribution < -0.4 is 0 Å². The molecule has 0 unspecified atom stereocenters. The Bertz CT molecular complexity index is 640. The van der Waals surface area contributed by atoms with Gasteiger partial charge >= 0.3 is 0 Å². The van der Waals surface area contributed by atoms with Gasteiger partial charge in [-0.2, -0.15) is 5.10 Å². The standard InChI is InChI=1S/C20H32N4O2/c1-15(2)24-18-8-13-26-14-17(18)19(21-24)20(25)23-11-9-22(10-12-23)16-6-4-3-5-7-16/h15-16H,3-14H2,1-2H3. The minimum absolute atomic E-state index is 0.0921. The lowest BCUT2D eigenvalue weighted by Crippen LogP contribution is -2.52. The number of fused-ring (bicyclic) bond motifs is 1. The highest BCUT2D eigenvalue weighted by Gasteiger charge is 2.32. The molecule has 6 nitrogen and oxygen atoms in total. The molecular formula is C20H32N4O2. The van der Waals surface area contributed by atoms with Crippen LogP contribution in [-0.2, 0) is 17.8 Å². The molecule has 1 aliphatic carbocycles. The molecule has 144 valence electrons. The van der Waals surface area contributed by atoms with Gasteiger partial charge in [0.1, 0.15) is 0 Å². The van der Waals surface area contributed by atoms with Gasteiger partial charge in [-0.15, -0.1) is 0 Å². The minimum atomic E-state index is 0.0921. The normalized spacial score (nSPS) is 22.7. The lowest BCUT2D eigenvalue weighted by Gasteiger charge is -2.40. The van der Waals surface area contributed by atoms with Gasteiger partial charge in [-0.05, 0) is 26.7 Å². The Morgan fingerprint density at radius 3 is 2.54 bits per heavy atom. The Morgan fingerprint density at radius 2 is 1.85 bits per heavy atom. The molecule has 3 heterocycles.